The molecule has 0 saturated heterocycles. The lowest BCUT2D eigenvalue weighted by molar-refractivity contribution is 0.252. The lowest BCUT2D eigenvalue weighted by atomic mass is 9.73. The van der Waals surface area contributed by atoms with Crippen LogP contribution in [0.25, 0.3) is 0 Å². The molecule has 2 N–H and O–H groups in total. The van der Waals surface area contributed by atoms with E-state index in [0.29, 0.717) is 5.56 Å². The smallest absolute Gasteiger partial charge is 0.178 e. The third-order valence-electron chi connectivity index (χ3n) is 3.15. The molecule has 1 saturated carbocycles. The zero-order valence-electron chi connectivity index (χ0n) is 9.03. The Bertz CT molecular complexity index is 521. The maximum absolute atomic E-state index is 13.6. The van der Waals surface area contributed by atoms with E-state index in [1.807, 2.05) is 0 Å². The van der Waals surface area contributed by atoms with Crippen molar-refractivity contribution in [3.05, 3.63) is 29.6 Å². The fourth-order valence-corrected chi connectivity index (χ4v) is 2.69. The first kappa shape index (κ1) is 11.5. The Labute approximate surface area is 94.4 Å². The quantitative estimate of drug-likeness (QED) is 0.857. The lowest BCUT2D eigenvalue weighted by Crippen LogP contribution is -2.43. The van der Waals surface area contributed by atoms with Gasteiger partial charge in [0.05, 0.1) is 0 Å². The largest absolute Gasteiger partial charge is 0.321 e. The van der Waals surface area contributed by atoms with Crippen LogP contribution in [0, 0.1) is 5.82 Å². The van der Waals surface area contributed by atoms with E-state index in [-0.39, 0.29) is 4.90 Å². The maximum Gasteiger partial charge on any atom is 0.178 e. The molecule has 0 spiro atoms. The molecule has 5 heteroatoms. The molecule has 1 aliphatic carbocycles. The van der Waals surface area contributed by atoms with Gasteiger partial charge in [0.1, 0.15) is 10.7 Å². The van der Waals surface area contributed by atoms with Gasteiger partial charge in [-0.2, -0.15) is 0 Å². The number of nitrogens with two attached hydrogens (primary N) is 1. The first-order valence-electron chi connectivity index (χ1n) is 5.12. The van der Waals surface area contributed by atoms with Crippen molar-refractivity contribution < 1.29 is 12.8 Å². The van der Waals surface area contributed by atoms with E-state index >= 15 is 0 Å². The van der Waals surface area contributed by atoms with E-state index in [9.17, 15) is 12.8 Å². The average Bonchev–Trinajstić information content (AvgIpc) is 2.12. The molecule has 0 heterocycles. The highest BCUT2D eigenvalue weighted by atomic mass is 32.2. The summed E-state index contributed by atoms with van der Waals surface area (Å²) < 4.78 is 36.1. The van der Waals surface area contributed by atoms with E-state index in [1.165, 1.54) is 12.1 Å². The van der Waals surface area contributed by atoms with Gasteiger partial charge in [0, 0.05) is 11.8 Å². The Morgan fingerprint density at radius 2 is 2.00 bits per heavy atom. The standard InChI is InChI=1S/C11H14FNO2S/c1-16(14,15)10-4-3-8(7-9(10)12)11(13)5-2-6-11/h3-4,7H,2,5-6,13H2,1H3. The topological polar surface area (TPSA) is 60.2 Å². The van der Waals surface area contributed by atoms with Crippen LogP contribution in [0.3, 0.4) is 0 Å². The minimum absolute atomic E-state index is 0.265. The van der Waals surface area contributed by atoms with Crippen LogP contribution in [0.1, 0.15) is 24.8 Å². The van der Waals surface area contributed by atoms with Crippen molar-refractivity contribution in [2.24, 2.45) is 5.73 Å². The van der Waals surface area contributed by atoms with E-state index in [2.05, 4.69) is 0 Å². The summed E-state index contributed by atoms with van der Waals surface area (Å²) in [6.07, 6.45) is 3.67. The monoisotopic (exact) mass is 243 g/mol. The summed E-state index contributed by atoms with van der Waals surface area (Å²) in [5, 5.41) is 0. The number of benzene rings is 1. The third kappa shape index (κ3) is 1.85. The summed E-state index contributed by atoms with van der Waals surface area (Å²) in [4.78, 5) is -0.265. The summed E-state index contributed by atoms with van der Waals surface area (Å²) in [5.74, 6) is -0.711. The molecule has 1 aromatic carbocycles. The van der Waals surface area contributed by atoms with Crippen LogP contribution in [-0.4, -0.2) is 14.7 Å². The van der Waals surface area contributed by atoms with Gasteiger partial charge in [0.15, 0.2) is 9.84 Å². The fourth-order valence-electron chi connectivity index (χ4n) is 1.96. The maximum atomic E-state index is 13.6. The molecular formula is C11H14FNO2S. The van der Waals surface area contributed by atoms with Crippen molar-refractivity contribution in [2.75, 3.05) is 6.26 Å². The van der Waals surface area contributed by atoms with Crippen LogP contribution < -0.4 is 5.73 Å². The van der Waals surface area contributed by atoms with E-state index in [4.69, 9.17) is 5.73 Å². The summed E-state index contributed by atoms with van der Waals surface area (Å²) in [5.41, 5.74) is 6.26. The zero-order chi connectivity index (χ0) is 12.0. The summed E-state index contributed by atoms with van der Waals surface area (Å²) in [7, 11) is -3.50. The number of halogens is 1. The normalized spacial score (nSPS) is 19.2. The van der Waals surface area contributed by atoms with Gasteiger partial charge in [-0.15, -0.1) is 0 Å². The van der Waals surface area contributed by atoms with Gasteiger partial charge < -0.3 is 5.73 Å². The van der Waals surface area contributed by atoms with Crippen LogP contribution in [0.5, 0.6) is 0 Å². The number of hydrogen-bond donors (Lipinski definition) is 1. The van der Waals surface area contributed by atoms with Crippen LogP contribution in [0.4, 0.5) is 4.39 Å². The molecule has 1 aromatic rings. The highest BCUT2D eigenvalue weighted by Gasteiger charge is 2.35. The summed E-state index contributed by atoms with van der Waals surface area (Å²) >= 11 is 0. The predicted octanol–water partition coefficient (Wildman–Crippen LogP) is 1.57. The van der Waals surface area contributed by atoms with E-state index < -0.39 is 21.2 Å². The summed E-state index contributed by atoms with van der Waals surface area (Å²) in [6, 6.07) is 4.15. The molecule has 1 fully saturated rings. The number of sulfone groups is 1. The minimum atomic E-state index is -3.50. The molecule has 88 valence electrons. The molecule has 0 radical (unpaired) electrons. The number of hydrogen-bond acceptors (Lipinski definition) is 3. The van der Waals surface area contributed by atoms with Gasteiger partial charge in [0.25, 0.3) is 0 Å². The van der Waals surface area contributed by atoms with Crippen molar-refractivity contribution in [1.82, 2.24) is 0 Å². The van der Waals surface area contributed by atoms with Crippen LogP contribution in [-0.2, 0) is 15.4 Å². The van der Waals surface area contributed by atoms with Crippen molar-refractivity contribution >= 4 is 9.84 Å². The van der Waals surface area contributed by atoms with Gasteiger partial charge in [-0.25, -0.2) is 12.8 Å². The summed E-state index contributed by atoms with van der Waals surface area (Å²) in [6.45, 7) is 0. The number of rotatable bonds is 2. The molecule has 3 nitrogen and oxygen atoms in total. The zero-order valence-corrected chi connectivity index (χ0v) is 9.85. The van der Waals surface area contributed by atoms with Crippen molar-refractivity contribution in [2.45, 2.75) is 29.7 Å². The first-order valence-corrected chi connectivity index (χ1v) is 7.01. The molecule has 0 atom stereocenters. The first-order chi connectivity index (χ1) is 7.33. The molecule has 16 heavy (non-hydrogen) atoms. The Hall–Kier alpha value is -0.940. The van der Waals surface area contributed by atoms with Gasteiger partial charge in [-0.1, -0.05) is 6.07 Å². The van der Waals surface area contributed by atoms with Gasteiger partial charge in [-0.3, -0.25) is 0 Å². The Morgan fingerprint density at radius 3 is 2.38 bits per heavy atom. The SMILES string of the molecule is CS(=O)(=O)c1ccc(C2(N)CCC2)cc1F. The van der Waals surface area contributed by atoms with E-state index in [1.54, 1.807) is 6.07 Å². The van der Waals surface area contributed by atoms with Gasteiger partial charge in [0.2, 0.25) is 0 Å². The van der Waals surface area contributed by atoms with Crippen molar-refractivity contribution in [1.29, 1.82) is 0 Å². The second-order valence-electron chi connectivity index (χ2n) is 4.43. The fraction of sp³-hybridized carbons (Fsp3) is 0.455. The van der Waals surface area contributed by atoms with Crippen molar-refractivity contribution in [3.8, 4) is 0 Å². The molecular weight excluding hydrogens is 229 g/mol. The third-order valence-corrected chi connectivity index (χ3v) is 4.28. The lowest BCUT2D eigenvalue weighted by Gasteiger charge is -2.38. The Morgan fingerprint density at radius 1 is 1.38 bits per heavy atom. The van der Waals surface area contributed by atoms with E-state index in [0.717, 1.165) is 25.5 Å². The molecule has 0 unspecified atom stereocenters. The molecule has 0 bridgehead atoms. The molecule has 1 aliphatic rings. The minimum Gasteiger partial charge on any atom is -0.321 e. The highest BCUT2D eigenvalue weighted by molar-refractivity contribution is 7.90. The predicted molar refractivity (Wildman–Crippen MR) is 59.2 cm³/mol. The highest BCUT2D eigenvalue weighted by Crippen LogP contribution is 2.39. The Kier molecular flexibility index (Phi) is 2.55. The molecule has 2 rings (SSSR count). The molecule has 0 aliphatic heterocycles. The van der Waals surface area contributed by atoms with Gasteiger partial charge >= 0.3 is 0 Å². The van der Waals surface area contributed by atoms with Crippen LogP contribution in [0.15, 0.2) is 23.1 Å². The average molecular weight is 243 g/mol. The second kappa shape index (κ2) is 3.53. The second-order valence-corrected chi connectivity index (χ2v) is 6.41. The van der Waals surface area contributed by atoms with Gasteiger partial charge in [-0.05, 0) is 37.0 Å². The van der Waals surface area contributed by atoms with Crippen LogP contribution >= 0.6 is 0 Å². The molecule has 0 amide bonds. The Balaban J connectivity index is 2.45. The van der Waals surface area contributed by atoms with Crippen molar-refractivity contribution in [3.63, 3.8) is 0 Å². The molecule has 0 aromatic heterocycles. The van der Waals surface area contributed by atoms with Crippen LogP contribution in [0.2, 0.25) is 0 Å².